The maximum atomic E-state index is 12.9. The minimum absolute atomic E-state index is 0.0380. The number of nitrogens with one attached hydrogen (secondary N) is 2. The van der Waals surface area contributed by atoms with Gasteiger partial charge in [-0.15, -0.1) is 0 Å². The molecule has 2 N–H and O–H groups in total. The Morgan fingerprint density at radius 3 is 2.86 bits per heavy atom. The molecular formula is C24H31ClN2O2. The smallest absolute Gasteiger partial charge is 0.252 e. The van der Waals surface area contributed by atoms with Crippen LogP contribution in [0.5, 0.6) is 5.75 Å². The Bertz CT molecular complexity index is 834. The van der Waals surface area contributed by atoms with E-state index < -0.39 is 0 Å². The van der Waals surface area contributed by atoms with E-state index in [-0.39, 0.29) is 12.0 Å². The topological polar surface area (TPSA) is 50.4 Å². The summed E-state index contributed by atoms with van der Waals surface area (Å²) in [6.07, 6.45) is 10.6. The van der Waals surface area contributed by atoms with Crippen LogP contribution in [0.15, 0.2) is 18.2 Å². The van der Waals surface area contributed by atoms with E-state index in [2.05, 4.69) is 10.6 Å². The highest BCUT2D eigenvalue weighted by Gasteiger charge is 2.70. The monoisotopic (exact) mass is 414 g/mol. The molecule has 5 unspecified atom stereocenters. The Kier molecular flexibility index (Phi) is 4.22. The third-order valence-electron chi connectivity index (χ3n) is 8.98. The van der Waals surface area contributed by atoms with E-state index >= 15 is 0 Å². The van der Waals surface area contributed by atoms with Crippen LogP contribution in [0.25, 0.3) is 0 Å². The van der Waals surface area contributed by atoms with Gasteiger partial charge in [0, 0.05) is 6.54 Å². The molecule has 1 aliphatic heterocycles. The predicted molar refractivity (Wildman–Crippen MR) is 113 cm³/mol. The Balaban J connectivity index is 1.11. The zero-order valence-electron chi connectivity index (χ0n) is 17.0. The van der Waals surface area contributed by atoms with Crippen molar-refractivity contribution in [3.63, 3.8) is 0 Å². The summed E-state index contributed by atoms with van der Waals surface area (Å²) in [6.45, 7) is 2.80. The molecule has 5 atom stereocenters. The zero-order valence-corrected chi connectivity index (χ0v) is 17.8. The number of carbonyl (C=O) groups excluding carboxylic acids is 1. The van der Waals surface area contributed by atoms with Crippen LogP contribution in [0.3, 0.4) is 0 Å². The van der Waals surface area contributed by atoms with E-state index in [1.165, 1.54) is 38.5 Å². The lowest BCUT2D eigenvalue weighted by molar-refractivity contribution is -0.00253. The molecule has 1 amide bonds. The van der Waals surface area contributed by atoms with Gasteiger partial charge in [-0.1, -0.05) is 11.6 Å². The molecule has 1 aromatic rings. The van der Waals surface area contributed by atoms with Gasteiger partial charge in [0.15, 0.2) is 0 Å². The lowest BCUT2D eigenvalue weighted by Gasteiger charge is -2.49. The highest BCUT2D eigenvalue weighted by Crippen LogP contribution is 2.78. The van der Waals surface area contributed by atoms with Crippen molar-refractivity contribution in [2.45, 2.75) is 57.5 Å². The van der Waals surface area contributed by atoms with Gasteiger partial charge in [-0.25, -0.2) is 0 Å². The SMILES string of the molecule is O=C(NCC12CC3CC4CC(C1)C4(C3)C2)c1ccc(OC2CCNCC2)cc1Cl. The van der Waals surface area contributed by atoms with Crippen molar-refractivity contribution in [1.82, 2.24) is 10.6 Å². The van der Waals surface area contributed by atoms with E-state index in [9.17, 15) is 4.79 Å². The summed E-state index contributed by atoms with van der Waals surface area (Å²) in [5.74, 6) is 3.57. The molecule has 1 aromatic carbocycles. The molecule has 4 nitrogen and oxygen atoms in total. The summed E-state index contributed by atoms with van der Waals surface area (Å²) in [5, 5.41) is 7.09. The van der Waals surface area contributed by atoms with E-state index in [0.717, 1.165) is 56.0 Å². The number of hydrogen-bond donors (Lipinski definition) is 2. The zero-order chi connectivity index (χ0) is 19.6. The second-order valence-electron chi connectivity index (χ2n) is 10.6. The minimum atomic E-state index is -0.0380. The third kappa shape index (κ3) is 2.93. The third-order valence-corrected chi connectivity index (χ3v) is 9.30. The first kappa shape index (κ1) is 18.5. The van der Waals surface area contributed by atoms with Gasteiger partial charge in [0.05, 0.1) is 10.6 Å². The van der Waals surface area contributed by atoms with E-state index in [1.807, 2.05) is 12.1 Å². The first-order chi connectivity index (χ1) is 14.1. The van der Waals surface area contributed by atoms with Crippen LogP contribution >= 0.6 is 11.6 Å². The van der Waals surface area contributed by atoms with Crippen LogP contribution in [0, 0.1) is 28.6 Å². The standard InChI is InChI=1S/C24H31ClN2O2/c25-21-9-19(29-18-3-5-26-6-4-18)1-2-20(21)22(28)27-14-23-10-15-7-16-8-17(12-23)24(16,11-15)13-23/h1-2,9,15-18,26H,3-8,10-14H2,(H,27,28). The maximum absolute atomic E-state index is 12.9. The molecule has 1 heterocycles. The number of amides is 1. The number of rotatable bonds is 5. The van der Waals surface area contributed by atoms with Gasteiger partial charge in [0.2, 0.25) is 0 Å². The van der Waals surface area contributed by atoms with Crippen LogP contribution in [0.1, 0.15) is 61.7 Å². The van der Waals surface area contributed by atoms with Crippen LogP contribution < -0.4 is 15.4 Å². The van der Waals surface area contributed by atoms with Gasteiger partial charge in [0.25, 0.3) is 5.91 Å². The average molecular weight is 415 g/mol. The molecule has 4 aliphatic carbocycles. The summed E-state index contributed by atoms with van der Waals surface area (Å²) in [6, 6.07) is 5.52. The fraction of sp³-hybridized carbons (Fsp3) is 0.708. The van der Waals surface area contributed by atoms with Crippen molar-refractivity contribution in [3.8, 4) is 5.75 Å². The van der Waals surface area contributed by atoms with Crippen molar-refractivity contribution in [2.75, 3.05) is 19.6 Å². The molecule has 0 aromatic heterocycles. The largest absolute Gasteiger partial charge is 0.490 e. The van der Waals surface area contributed by atoms with Crippen molar-refractivity contribution in [2.24, 2.45) is 28.6 Å². The van der Waals surface area contributed by atoms with Gasteiger partial charge >= 0.3 is 0 Å². The summed E-state index contributed by atoms with van der Waals surface area (Å²) >= 11 is 6.47. The predicted octanol–water partition coefficient (Wildman–Crippen LogP) is 4.42. The van der Waals surface area contributed by atoms with Gasteiger partial charge in [0.1, 0.15) is 11.9 Å². The molecule has 3 bridgehead atoms. The number of carbonyl (C=O) groups is 1. The molecule has 29 heavy (non-hydrogen) atoms. The summed E-state index contributed by atoms with van der Waals surface area (Å²) < 4.78 is 6.06. The molecule has 1 saturated heterocycles. The molecular weight excluding hydrogens is 384 g/mol. The van der Waals surface area contributed by atoms with Crippen molar-refractivity contribution < 1.29 is 9.53 Å². The number of halogens is 1. The molecule has 4 saturated carbocycles. The molecule has 5 heteroatoms. The quantitative estimate of drug-likeness (QED) is 0.749. The number of fused-ring (bicyclic) bond motifs is 2. The molecule has 156 valence electrons. The Hall–Kier alpha value is -1.26. The summed E-state index contributed by atoms with van der Waals surface area (Å²) in [7, 11) is 0. The Morgan fingerprint density at radius 1 is 1.17 bits per heavy atom. The first-order valence-electron chi connectivity index (χ1n) is 11.5. The molecule has 5 fully saturated rings. The van der Waals surface area contributed by atoms with Crippen LogP contribution in [0.4, 0.5) is 0 Å². The number of benzene rings is 1. The maximum Gasteiger partial charge on any atom is 0.252 e. The fourth-order valence-corrected chi connectivity index (χ4v) is 8.22. The minimum Gasteiger partial charge on any atom is -0.490 e. The van der Waals surface area contributed by atoms with Crippen molar-refractivity contribution in [3.05, 3.63) is 28.8 Å². The van der Waals surface area contributed by atoms with Crippen LogP contribution in [0.2, 0.25) is 5.02 Å². The highest BCUT2D eigenvalue weighted by molar-refractivity contribution is 6.34. The lowest BCUT2D eigenvalue weighted by atomic mass is 9.55. The van der Waals surface area contributed by atoms with Gasteiger partial charge < -0.3 is 15.4 Å². The highest BCUT2D eigenvalue weighted by atomic mass is 35.5. The second-order valence-corrected chi connectivity index (χ2v) is 11.1. The number of hydrogen-bond acceptors (Lipinski definition) is 3. The van der Waals surface area contributed by atoms with Gasteiger partial charge in [-0.3, -0.25) is 4.79 Å². The van der Waals surface area contributed by atoms with Crippen molar-refractivity contribution >= 4 is 17.5 Å². The molecule has 5 aliphatic rings. The summed E-state index contributed by atoms with van der Waals surface area (Å²) in [4.78, 5) is 12.9. The first-order valence-corrected chi connectivity index (χ1v) is 11.9. The van der Waals surface area contributed by atoms with Crippen LogP contribution in [-0.4, -0.2) is 31.6 Å². The Labute approximate surface area is 178 Å². The average Bonchev–Trinajstić information content (AvgIpc) is 3.02. The van der Waals surface area contributed by atoms with Gasteiger partial charge in [-0.05, 0) is 111 Å². The second kappa shape index (κ2) is 6.62. The van der Waals surface area contributed by atoms with Crippen LogP contribution in [-0.2, 0) is 0 Å². The number of ether oxygens (including phenoxy) is 1. The van der Waals surface area contributed by atoms with Crippen molar-refractivity contribution in [1.29, 1.82) is 0 Å². The fourth-order valence-electron chi connectivity index (χ4n) is 7.97. The number of piperidine rings is 1. The summed E-state index contributed by atoms with van der Waals surface area (Å²) in [5.41, 5.74) is 1.58. The molecule has 1 spiro atoms. The van der Waals surface area contributed by atoms with E-state index in [0.29, 0.717) is 21.4 Å². The molecule has 6 rings (SSSR count). The lowest BCUT2D eigenvalue weighted by Crippen LogP contribution is -2.43. The van der Waals surface area contributed by atoms with Gasteiger partial charge in [-0.2, -0.15) is 0 Å². The molecule has 0 radical (unpaired) electrons. The Morgan fingerprint density at radius 2 is 2.03 bits per heavy atom. The normalized spacial score (nSPS) is 39.8. The van der Waals surface area contributed by atoms with E-state index in [1.54, 1.807) is 6.07 Å². The van der Waals surface area contributed by atoms with E-state index in [4.69, 9.17) is 16.3 Å².